The van der Waals surface area contributed by atoms with E-state index in [0.717, 1.165) is 24.4 Å². The second kappa shape index (κ2) is 5.20. The van der Waals surface area contributed by atoms with Crippen LogP contribution in [-0.2, 0) is 6.18 Å². The molecule has 20 heavy (non-hydrogen) atoms. The number of hydrogen-bond acceptors (Lipinski definition) is 2. The maximum atomic E-state index is 13.5. The summed E-state index contributed by atoms with van der Waals surface area (Å²) < 4.78 is 51.2. The molecule has 0 spiro atoms. The first-order chi connectivity index (χ1) is 9.30. The first-order valence-electron chi connectivity index (χ1n) is 5.76. The number of aliphatic hydroxyl groups excluding tert-OH is 1. The standard InChI is InChI=1S/C14H11F4NO/c1-8-6-9(14(16,17)18)2-3-10(8)13(20)11-4-5-19-7-12(11)15/h2-7,13,20H,1H3. The lowest BCUT2D eigenvalue weighted by atomic mass is 9.96. The van der Waals surface area contributed by atoms with Crippen LogP contribution in [-0.4, -0.2) is 10.1 Å². The topological polar surface area (TPSA) is 33.1 Å². The van der Waals surface area contributed by atoms with Crippen LogP contribution in [0.25, 0.3) is 0 Å². The normalized spacial score (nSPS) is 13.3. The SMILES string of the molecule is Cc1cc(C(F)(F)F)ccc1C(O)c1ccncc1F. The zero-order valence-electron chi connectivity index (χ0n) is 10.4. The molecule has 0 saturated heterocycles. The first kappa shape index (κ1) is 14.5. The Morgan fingerprint density at radius 3 is 2.40 bits per heavy atom. The number of halogens is 4. The van der Waals surface area contributed by atoms with Gasteiger partial charge in [-0.1, -0.05) is 6.07 Å². The number of alkyl halides is 3. The van der Waals surface area contributed by atoms with Gasteiger partial charge in [-0.05, 0) is 36.2 Å². The summed E-state index contributed by atoms with van der Waals surface area (Å²) in [4.78, 5) is 3.55. The van der Waals surface area contributed by atoms with E-state index in [1.807, 2.05) is 0 Å². The molecule has 1 atom stereocenters. The molecule has 2 rings (SSSR count). The summed E-state index contributed by atoms with van der Waals surface area (Å²) >= 11 is 0. The van der Waals surface area contributed by atoms with Gasteiger partial charge in [0.25, 0.3) is 0 Å². The number of nitrogens with zero attached hydrogens (tertiary/aromatic N) is 1. The predicted octanol–water partition coefficient (Wildman–Crippen LogP) is 3.63. The van der Waals surface area contributed by atoms with Crippen LogP contribution in [0, 0.1) is 12.7 Å². The lowest BCUT2D eigenvalue weighted by Gasteiger charge is -2.16. The molecule has 6 heteroatoms. The number of benzene rings is 1. The minimum absolute atomic E-state index is 0.0251. The highest BCUT2D eigenvalue weighted by atomic mass is 19.4. The summed E-state index contributed by atoms with van der Waals surface area (Å²) in [7, 11) is 0. The Hall–Kier alpha value is -1.95. The van der Waals surface area contributed by atoms with Gasteiger partial charge in [-0.15, -0.1) is 0 Å². The molecule has 0 saturated carbocycles. The van der Waals surface area contributed by atoms with Crippen molar-refractivity contribution in [3.8, 4) is 0 Å². The fraction of sp³-hybridized carbons (Fsp3) is 0.214. The highest BCUT2D eigenvalue weighted by Gasteiger charge is 2.31. The number of aryl methyl sites for hydroxylation is 1. The van der Waals surface area contributed by atoms with Crippen molar-refractivity contribution in [1.82, 2.24) is 4.98 Å². The second-order valence-electron chi connectivity index (χ2n) is 4.37. The number of pyridine rings is 1. The van der Waals surface area contributed by atoms with Crippen molar-refractivity contribution < 1.29 is 22.7 Å². The van der Waals surface area contributed by atoms with Crippen LogP contribution >= 0.6 is 0 Å². The quantitative estimate of drug-likeness (QED) is 0.855. The number of rotatable bonds is 2. The number of hydrogen-bond donors (Lipinski definition) is 1. The molecule has 0 aliphatic carbocycles. The summed E-state index contributed by atoms with van der Waals surface area (Å²) in [5, 5.41) is 10.1. The molecule has 2 aromatic rings. The molecule has 1 aromatic carbocycles. The van der Waals surface area contributed by atoms with E-state index in [2.05, 4.69) is 4.98 Å². The van der Waals surface area contributed by atoms with Crippen LogP contribution in [0.3, 0.4) is 0 Å². The average molecular weight is 285 g/mol. The van der Waals surface area contributed by atoms with Crippen molar-refractivity contribution >= 4 is 0 Å². The lowest BCUT2D eigenvalue weighted by molar-refractivity contribution is -0.137. The highest BCUT2D eigenvalue weighted by molar-refractivity contribution is 5.38. The van der Waals surface area contributed by atoms with E-state index in [1.54, 1.807) is 0 Å². The molecule has 0 bridgehead atoms. The van der Waals surface area contributed by atoms with Crippen LogP contribution in [0.15, 0.2) is 36.7 Å². The van der Waals surface area contributed by atoms with Crippen LogP contribution < -0.4 is 0 Å². The van der Waals surface area contributed by atoms with Crippen LogP contribution in [0.4, 0.5) is 17.6 Å². The summed E-state index contributed by atoms with van der Waals surface area (Å²) in [6.45, 7) is 1.44. The molecule has 0 amide bonds. The molecular weight excluding hydrogens is 274 g/mol. The Morgan fingerprint density at radius 2 is 1.85 bits per heavy atom. The van der Waals surface area contributed by atoms with E-state index in [1.165, 1.54) is 19.2 Å². The second-order valence-corrected chi connectivity index (χ2v) is 4.37. The summed E-state index contributed by atoms with van der Waals surface area (Å²) in [6.07, 6.45) is -3.53. The fourth-order valence-corrected chi connectivity index (χ4v) is 1.93. The minimum atomic E-state index is -4.45. The molecule has 1 unspecified atom stereocenters. The van der Waals surface area contributed by atoms with Gasteiger partial charge in [0.1, 0.15) is 11.9 Å². The molecule has 1 heterocycles. The largest absolute Gasteiger partial charge is 0.416 e. The van der Waals surface area contributed by atoms with Crippen LogP contribution in [0.1, 0.15) is 28.4 Å². The van der Waals surface area contributed by atoms with Gasteiger partial charge in [0.2, 0.25) is 0 Å². The third-order valence-corrected chi connectivity index (χ3v) is 2.99. The molecular formula is C14H11F4NO. The van der Waals surface area contributed by atoms with E-state index in [-0.39, 0.29) is 16.7 Å². The molecule has 0 aliphatic heterocycles. The Kier molecular flexibility index (Phi) is 3.76. The molecule has 1 aromatic heterocycles. The van der Waals surface area contributed by atoms with Gasteiger partial charge in [-0.2, -0.15) is 13.2 Å². The Bertz CT molecular complexity index is 625. The maximum Gasteiger partial charge on any atom is 0.416 e. The minimum Gasteiger partial charge on any atom is -0.384 e. The zero-order chi connectivity index (χ0) is 14.9. The fourth-order valence-electron chi connectivity index (χ4n) is 1.93. The highest BCUT2D eigenvalue weighted by Crippen LogP contribution is 2.33. The summed E-state index contributed by atoms with van der Waals surface area (Å²) in [5.41, 5.74) is -0.365. The van der Waals surface area contributed by atoms with Crippen LogP contribution in [0.5, 0.6) is 0 Å². The average Bonchev–Trinajstić information content (AvgIpc) is 2.37. The van der Waals surface area contributed by atoms with E-state index in [0.29, 0.717) is 0 Å². The van der Waals surface area contributed by atoms with E-state index in [4.69, 9.17) is 0 Å². The van der Waals surface area contributed by atoms with Crippen LogP contribution in [0.2, 0.25) is 0 Å². The molecule has 1 N–H and O–H groups in total. The van der Waals surface area contributed by atoms with Gasteiger partial charge in [0, 0.05) is 11.8 Å². The summed E-state index contributed by atoms with van der Waals surface area (Å²) in [6, 6.07) is 4.24. The molecule has 106 valence electrons. The third kappa shape index (κ3) is 2.80. The van der Waals surface area contributed by atoms with E-state index < -0.39 is 23.7 Å². The molecule has 0 aliphatic rings. The summed E-state index contributed by atoms with van der Waals surface area (Å²) in [5.74, 6) is -0.709. The van der Waals surface area contributed by atoms with E-state index >= 15 is 0 Å². The van der Waals surface area contributed by atoms with Crippen molar-refractivity contribution in [2.75, 3.05) is 0 Å². The molecule has 0 fully saturated rings. The van der Waals surface area contributed by atoms with Gasteiger partial charge >= 0.3 is 6.18 Å². The van der Waals surface area contributed by atoms with Crippen molar-refractivity contribution in [2.24, 2.45) is 0 Å². The maximum absolute atomic E-state index is 13.5. The molecule has 0 radical (unpaired) electrons. The predicted molar refractivity (Wildman–Crippen MR) is 64.4 cm³/mol. The van der Waals surface area contributed by atoms with Crippen molar-refractivity contribution in [2.45, 2.75) is 19.2 Å². The molecule has 2 nitrogen and oxygen atoms in total. The van der Waals surface area contributed by atoms with E-state index in [9.17, 15) is 22.7 Å². The number of aliphatic hydroxyl groups is 1. The Morgan fingerprint density at radius 1 is 1.15 bits per heavy atom. The zero-order valence-corrected chi connectivity index (χ0v) is 10.4. The van der Waals surface area contributed by atoms with Crippen molar-refractivity contribution in [3.05, 3.63) is 64.7 Å². The first-order valence-corrected chi connectivity index (χ1v) is 5.76. The Balaban J connectivity index is 2.42. The Labute approximate surface area is 112 Å². The number of aromatic nitrogens is 1. The van der Waals surface area contributed by atoms with Gasteiger partial charge in [-0.3, -0.25) is 4.98 Å². The smallest absolute Gasteiger partial charge is 0.384 e. The van der Waals surface area contributed by atoms with Gasteiger partial charge in [0.05, 0.1) is 11.8 Å². The lowest BCUT2D eigenvalue weighted by Crippen LogP contribution is -2.09. The van der Waals surface area contributed by atoms with Gasteiger partial charge in [-0.25, -0.2) is 4.39 Å². The van der Waals surface area contributed by atoms with Crippen molar-refractivity contribution in [3.63, 3.8) is 0 Å². The third-order valence-electron chi connectivity index (χ3n) is 2.99. The van der Waals surface area contributed by atoms with Gasteiger partial charge in [0.15, 0.2) is 0 Å². The monoisotopic (exact) mass is 285 g/mol. The van der Waals surface area contributed by atoms with Crippen molar-refractivity contribution in [1.29, 1.82) is 0 Å². The van der Waals surface area contributed by atoms with Gasteiger partial charge < -0.3 is 5.11 Å².